The fraction of sp³-hybridized carbons (Fsp3) is 0.375. The molecule has 0 aliphatic carbocycles. The van der Waals surface area contributed by atoms with Crippen molar-refractivity contribution in [3.05, 3.63) is 58.5 Å². The molecule has 23 heavy (non-hydrogen) atoms. The summed E-state index contributed by atoms with van der Waals surface area (Å²) in [6, 6.07) is 8.00. The van der Waals surface area contributed by atoms with Gasteiger partial charge in [0, 0.05) is 49.0 Å². The number of carbonyl (C=O) groups excluding carboxylic acids is 1. The van der Waals surface area contributed by atoms with Gasteiger partial charge in [-0.3, -0.25) is 4.79 Å². The van der Waals surface area contributed by atoms with Gasteiger partial charge in [-0.05, 0) is 36.1 Å². The standard InChI is InChI=1S/C16H18N6O/c1-12-18-6-7-21(12)10-13-2-4-15(5-3-13)22-11-14(8-16(22)23)9-19-20-17/h2-7,14H,8-11H2,1H3. The van der Waals surface area contributed by atoms with Gasteiger partial charge in [-0.2, -0.15) is 0 Å². The molecule has 0 spiro atoms. The molecule has 0 N–H and O–H groups in total. The van der Waals surface area contributed by atoms with E-state index in [1.807, 2.05) is 37.4 Å². The highest BCUT2D eigenvalue weighted by molar-refractivity contribution is 5.95. The lowest BCUT2D eigenvalue weighted by Crippen LogP contribution is -2.24. The zero-order chi connectivity index (χ0) is 16.2. The molecule has 1 amide bonds. The van der Waals surface area contributed by atoms with Crippen LogP contribution in [0, 0.1) is 12.8 Å². The Labute approximate surface area is 134 Å². The van der Waals surface area contributed by atoms with Crippen LogP contribution in [0.15, 0.2) is 41.8 Å². The van der Waals surface area contributed by atoms with Crippen LogP contribution in [0.2, 0.25) is 0 Å². The minimum absolute atomic E-state index is 0.0846. The number of aromatic nitrogens is 2. The van der Waals surface area contributed by atoms with Crippen molar-refractivity contribution in [2.45, 2.75) is 19.9 Å². The predicted molar refractivity (Wildman–Crippen MR) is 87.0 cm³/mol. The first kappa shape index (κ1) is 15.1. The van der Waals surface area contributed by atoms with Crippen molar-refractivity contribution in [2.75, 3.05) is 18.0 Å². The minimum Gasteiger partial charge on any atom is -0.331 e. The number of anilines is 1. The molecule has 0 saturated carbocycles. The smallest absolute Gasteiger partial charge is 0.227 e. The Kier molecular flexibility index (Phi) is 4.30. The Morgan fingerprint density at radius 2 is 2.17 bits per heavy atom. The van der Waals surface area contributed by atoms with E-state index in [0.29, 0.717) is 19.5 Å². The van der Waals surface area contributed by atoms with E-state index in [9.17, 15) is 4.79 Å². The van der Waals surface area contributed by atoms with Crippen molar-refractivity contribution < 1.29 is 4.79 Å². The van der Waals surface area contributed by atoms with Crippen LogP contribution in [-0.4, -0.2) is 28.5 Å². The van der Waals surface area contributed by atoms with Gasteiger partial charge in [0.05, 0.1) is 0 Å². The number of aryl methyl sites for hydroxylation is 1. The lowest BCUT2D eigenvalue weighted by atomic mass is 10.1. The van der Waals surface area contributed by atoms with E-state index in [2.05, 4.69) is 19.6 Å². The Morgan fingerprint density at radius 3 is 2.83 bits per heavy atom. The molecule has 7 nitrogen and oxygen atoms in total. The van der Waals surface area contributed by atoms with Gasteiger partial charge in [-0.1, -0.05) is 17.2 Å². The van der Waals surface area contributed by atoms with Gasteiger partial charge in [0.1, 0.15) is 5.82 Å². The third kappa shape index (κ3) is 3.35. The maximum absolute atomic E-state index is 12.1. The van der Waals surface area contributed by atoms with Crippen LogP contribution in [-0.2, 0) is 11.3 Å². The average molecular weight is 310 g/mol. The van der Waals surface area contributed by atoms with Crippen molar-refractivity contribution in [3.8, 4) is 0 Å². The maximum atomic E-state index is 12.1. The first-order valence-electron chi connectivity index (χ1n) is 7.55. The first-order valence-corrected chi connectivity index (χ1v) is 7.55. The van der Waals surface area contributed by atoms with Gasteiger partial charge >= 0.3 is 0 Å². The summed E-state index contributed by atoms with van der Waals surface area (Å²) in [5.74, 6) is 1.16. The second kappa shape index (κ2) is 6.54. The third-order valence-corrected chi connectivity index (χ3v) is 4.13. The summed E-state index contributed by atoms with van der Waals surface area (Å²) in [5.41, 5.74) is 10.4. The van der Waals surface area contributed by atoms with Gasteiger partial charge in [-0.15, -0.1) is 0 Å². The predicted octanol–water partition coefficient (Wildman–Crippen LogP) is 2.90. The Balaban J connectivity index is 1.68. The van der Waals surface area contributed by atoms with Crippen LogP contribution in [0.3, 0.4) is 0 Å². The molecule has 2 heterocycles. The van der Waals surface area contributed by atoms with E-state index in [0.717, 1.165) is 23.6 Å². The first-order chi connectivity index (χ1) is 11.2. The van der Waals surface area contributed by atoms with E-state index in [1.54, 1.807) is 11.1 Å². The number of hydrogen-bond acceptors (Lipinski definition) is 3. The van der Waals surface area contributed by atoms with Gasteiger partial charge in [-0.25, -0.2) is 4.98 Å². The summed E-state index contributed by atoms with van der Waals surface area (Å²) in [6.07, 6.45) is 4.18. The maximum Gasteiger partial charge on any atom is 0.227 e. The summed E-state index contributed by atoms with van der Waals surface area (Å²) in [6.45, 7) is 3.72. The monoisotopic (exact) mass is 310 g/mol. The van der Waals surface area contributed by atoms with Crippen molar-refractivity contribution in [1.29, 1.82) is 0 Å². The molecule has 1 aromatic heterocycles. The summed E-state index contributed by atoms with van der Waals surface area (Å²) in [4.78, 5) is 20.9. The van der Waals surface area contributed by atoms with Gasteiger partial charge in [0.15, 0.2) is 0 Å². The van der Waals surface area contributed by atoms with E-state index < -0.39 is 0 Å². The molecule has 0 radical (unpaired) electrons. The zero-order valence-corrected chi connectivity index (χ0v) is 13.0. The largest absolute Gasteiger partial charge is 0.331 e. The molecule has 1 unspecified atom stereocenters. The van der Waals surface area contributed by atoms with Gasteiger partial charge < -0.3 is 9.47 Å². The van der Waals surface area contributed by atoms with Gasteiger partial charge in [0.2, 0.25) is 5.91 Å². The molecule has 0 bridgehead atoms. The van der Waals surface area contributed by atoms with Crippen LogP contribution < -0.4 is 4.90 Å². The lowest BCUT2D eigenvalue weighted by Gasteiger charge is -2.17. The SMILES string of the molecule is Cc1nccn1Cc1ccc(N2CC(CN=[N+]=[N-])CC2=O)cc1. The minimum atomic E-state index is 0.0846. The van der Waals surface area contributed by atoms with Crippen molar-refractivity contribution in [1.82, 2.24) is 9.55 Å². The van der Waals surface area contributed by atoms with Crippen LogP contribution >= 0.6 is 0 Å². The highest BCUT2D eigenvalue weighted by Crippen LogP contribution is 2.25. The summed E-state index contributed by atoms with van der Waals surface area (Å²) in [5, 5.41) is 3.57. The quantitative estimate of drug-likeness (QED) is 0.483. The molecule has 1 fully saturated rings. The highest BCUT2D eigenvalue weighted by Gasteiger charge is 2.29. The molecule has 1 aliphatic rings. The van der Waals surface area contributed by atoms with Crippen LogP contribution in [0.25, 0.3) is 10.4 Å². The van der Waals surface area contributed by atoms with Crippen LogP contribution in [0.4, 0.5) is 5.69 Å². The fourth-order valence-electron chi connectivity index (χ4n) is 2.85. The summed E-state index contributed by atoms with van der Waals surface area (Å²) in [7, 11) is 0. The Hall–Kier alpha value is -2.79. The average Bonchev–Trinajstić information content (AvgIpc) is 3.12. The number of carbonyl (C=O) groups is 1. The van der Waals surface area contributed by atoms with Crippen LogP contribution in [0.1, 0.15) is 17.8 Å². The van der Waals surface area contributed by atoms with E-state index in [-0.39, 0.29) is 11.8 Å². The second-order valence-electron chi connectivity index (χ2n) is 5.76. The molecule has 1 aromatic carbocycles. The lowest BCUT2D eigenvalue weighted by molar-refractivity contribution is -0.117. The molecule has 118 valence electrons. The van der Waals surface area contributed by atoms with Crippen molar-refractivity contribution >= 4 is 11.6 Å². The summed E-state index contributed by atoms with van der Waals surface area (Å²) < 4.78 is 2.08. The number of amides is 1. The number of hydrogen-bond donors (Lipinski definition) is 0. The molecule has 2 aromatic rings. The summed E-state index contributed by atoms with van der Waals surface area (Å²) >= 11 is 0. The van der Waals surface area contributed by atoms with E-state index >= 15 is 0 Å². The van der Waals surface area contributed by atoms with Crippen molar-refractivity contribution in [3.63, 3.8) is 0 Å². The Morgan fingerprint density at radius 1 is 1.39 bits per heavy atom. The highest BCUT2D eigenvalue weighted by atomic mass is 16.2. The van der Waals surface area contributed by atoms with E-state index in [4.69, 9.17) is 5.53 Å². The molecule has 3 rings (SSSR count). The number of imidazole rings is 1. The van der Waals surface area contributed by atoms with Crippen LogP contribution in [0.5, 0.6) is 0 Å². The molecule has 7 heteroatoms. The van der Waals surface area contributed by atoms with E-state index in [1.165, 1.54) is 0 Å². The molecular weight excluding hydrogens is 292 g/mol. The Bertz CT molecular complexity index is 744. The second-order valence-corrected chi connectivity index (χ2v) is 5.76. The normalized spacial score (nSPS) is 17.3. The molecular formula is C16H18N6O. The zero-order valence-electron chi connectivity index (χ0n) is 13.0. The van der Waals surface area contributed by atoms with Crippen molar-refractivity contribution in [2.24, 2.45) is 11.0 Å². The fourth-order valence-corrected chi connectivity index (χ4v) is 2.85. The molecule has 1 saturated heterocycles. The third-order valence-electron chi connectivity index (χ3n) is 4.13. The number of nitrogens with zero attached hydrogens (tertiary/aromatic N) is 6. The molecule has 1 aliphatic heterocycles. The number of benzene rings is 1. The molecule has 1 atom stereocenters. The van der Waals surface area contributed by atoms with Gasteiger partial charge in [0.25, 0.3) is 0 Å². The number of azide groups is 1. The number of rotatable bonds is 5. The topological polar surface area (TPSA) is 86.9 Å².